The van der Waals surface area contributed by atoms with Gasteiger partial charge in [-0.15, -0.1) is 0 Å². The molecule has 0 spiro atoms. The lowest BCUT2D eigenvalue weighted by Gasteiger charge is -2.17. The molecule has 2 aromatic heterocycles. The molecule has 0 amide bonds. The van der Waals surface area contributed by atoms with Crippen molar-refractivity contribution in [2.24, 2.45) is 0 Å². The Hall–Kier alpha value is -1.94. The normalized spacial score (nSPS) is 12.4. The average Bonchev–Trinajstić information content (AvgIpc) is 2.29. The highest BCUT2D eigenvalue weighted by Gasteiger charge is 2.18. The number of aromatic nitrogens is 2. The number of hydrogen-bond acceptors (Lipinski definition) is 4. The fraction of sp³-hybridized carbons (Fsp3) is 0.231. The van der Waals surface area contributed by atoms with E-state index in [1.807, 2.05) is 26.0 Å². The van der Waals surface area contributed by atoms with Gasteiger partial charge in [0.2, 0.25) is 0 Å². The van der Waals surface area contributed by atoms with Gasteiger partial charge in [0.15, 0.2) is 0 Å². The molecule has 0 aliphatic carbocycles. The lowest BCUT2D eigenvalue weighted by Crippen LogP contribution is -2.09. The number of hydrogen-bond donors (Lipinski definition) is 2. The SMILES string of the molecule is Cc1ccncc1C(O)c1c(C)ccnc1N. The molecule has 4 heteroatoms. The Kier molecular flexibility index (Phi) is 3.06. The van der Waals surface area contributed by atoms with Gasteiger partial charge in [-0.3, -0.25) is 4.98 Å². The predicted molar refractivity (Wildman–Crippen MR) is 66.4 cm³/mol. The van der Waals surface area contributed by atoms with Gasteiger partial charge in [-0.1, -0.05) is 0 Å². The lowest BCUT2D eigenvalue weighted by atomic mass is 9.97. The van der Waals surface area contributed by atoms with E-state index in [2.05, 4.69) is 9.97 Å². The van der Waals surface area contributed by atoms with E-state index < -0.39 is 6.10 Å². The van der Waals surface area contributed by atoms with Crippen LogP contribution in [-0.4, -0.2) is 15.1 Å². The molecule has 2 aromatic rings. The van der Waals surface area contributed by atoms with Gasteiger partial charge in [-0.2, -0.15) is 0 Å². The summed E-state index contributed by atoms with van der Waals surface area (Å²) >= 11 is 0. The van der Waals surface area contributed by atoms with Crippen molar-refractivity contribution in [1.82, 2.24) is 9.97 Å². The van der Waals surface area contributed by atoms with E-state index in [0.717, 1.165) is 16.7 Å². The van der Waals surface area contributed by atoms with E-state index in [1.165, 1.54) is 0 Å². The first-order valence-electron chi connectivity index (χ1n) is 5.41. The Morgan fingerprint density at radius 3 is 2.53 bits per heavy atom. The van der Waals surface area contributed by atoms with Gasteiger partial charge < -0.3 is 10.8 Å². The highest BCUT2D eigenvalue weighted by Crippen LogP contribution is 2.29. The van der Waals surface area contributed by atoms with Crippen LogP contribution in [0.15, 0.2) is 30.7 Å². The van der Waals surface area contributed by atoms with Crippen LogP contribution < -0.4 is 5.73 Å². The largest absolute Gasteiger partial charge is 0.383 e. The molecule has 0 bridgehead atoms. The highest BCUT2D eigenvalue weighted by atomic mass is 16.3. The molecule has 3 N–H and O–H groups in total. The fourth-order valence-electron chi connectivity index (χ4n) is 1.86. The van der Waals surface area contributed by atoms with Gasteiger partial charge in [0.1, 0.15) is 11.9 Å². The van der Waals surface area contributed by atoms with Crippen LogP contribution >= 0.6 is 0 Å². The lowest BCUT2D eigenvalue weighted by molar-refractivity contribution is 0.218. The number of aryl methyl sites for hydroxylation is 2. The van der Waals surface area contributed by atoms with Crippen LogP contribution in [0.3, 0.4) is 0 Å². The van der Waals surface area contributed by atoms with Crippen molar-refractivity contribution in [3.05, 3.63) is 53.0 Å². The van der Waals surface area contributed by atoms with Crippen LogP contribution in [0, 0.1) is 13.8 Å². The third-order valence-electron chi connectivity index (χ3n) is 2.89. The maximum Gasteiger partial charge on any atom is 0.129 e. The first-order valence-corrected chi connectivity index (χ1v) is 5.41. The van der Waals surface area contributed by atoms with Crippen LogP contribution in [0.4, 0.5) is 5.82 Å². The van der Waals surface area contributed by atoms with Gasteiger partial charge in [-0.05, 0) is 37.1 Å². The standard InChI is InChI=1S/C13H15N3O/c1-8-3-5-15-7-10(8)12(17)11-9(2)4-6-16-13(11)14/h3-7,12,17H,1-2H3,(H2,14,16). The van der Waals surface area contributed by atoms with Crippen molar-refractivity contribution in [3.8, 4) is 0 Å². The van der Waals surface area contributed by atoms with Gasteiger partial charge in [0.05, 0.1) is 0 Å². The number of aliphatic hydroxyl groups excluding tert-OH is 1. The minimum absolute atomic E-state index is 0.362. The summed E-state index contributed by atoms with van der Waals surface area (Å²) in [7, 11) is 0. The smallest absolute Gasteiger partial charge is 0.129 e. The molecule has 1 atom stereocenters. The number of anilines is 1. The molecule has 2 rings (SSSR count). The minimum atomic E-state index is -0.780. The molecule has 1 unspecified atom stereocenters. The number of rotatable bonds is 2. The maximum absolute atomic E-state index is 10.4. The Balaban J connectivity index is 2.51. The second-order valence-electron chi connectivity index (χ2n) is 4.06. The molecule has 0 fully saturated rings. The van der Waals surface area contributed by atoms with E-state index in [0.29, 0.717) is 11.4 Å². The van der Waals surface area contributed by atoms with Gasteiger partial charge in [0.25, 0.3) is 0 Å². The molecule has 0 saturated heterocycles. The van der Waals surface area contributed by atoms with E-state index in [4.69, 9.17) is 5.73 Å². The van der Waals surface area contributed by atoms with Crippen molar-refractivity contribution in [1.29, 1.82) is 0 Å². The van der Waals surface area contributed by atoms with Crippen molar-refractivity contribution in [3.63, 3.8) is 0 Å². The Morgan fingerprint density at radius 1 is 1.18 bits per heavy atom. The summed E-state index contributed by atoms with van der Waals surface area (Å²) in [6.45, 7) is 3.84. The summed E-state index contributed by atoms with van der Waals surface area (Å²) in [5, 5.41) is 10.4. The zero-order valence-corrected chi connectivity index (χ0v) is 9.88. The van der Waals surface area contributed by atoms with E-state index >= 15 is 0 Å². The third kappa shape index (κ3) is 2.12. The van der Waals surface area contributed by atoms with Crippen molar-refractivity contribution in [2.75, 3.05) is 5.73 Å². The fourth-order valence-corrected chi connectivity index (χ4v) is 1.86. The number of aliphatic hydroxyl groups is 1. The Labute approximate surface area is 100 Å². The van der Waals surface area contributed by atoms with Crippen molar-refractivity contribution >= 4 is 5.82 Å². The van der Waals surface area contributed by atoms with E-state index in [1.54, 1.807) is 18.6 Å². The molecule has 17 heavy (non-hydrogen) atoms. The minimum Gasteiger partial charge on any atom is -0.383 e. The monoisotopic (exact) mass is 229 g/mol. The van der Waals surface area contributed by atoms with Crippen LogP contribution in [0.1, 0.15) is 28.4 Å². The van der Waals surface area contributed by atoms with E-state index in [-0.39, 0.29) is 0 Å². The summed E-state index contributed by atoms with van der Waals surface area (Å²) in [5.41, 5.74) is 9.14. The highest BCUT2D eigenvalue weighted by molar-refractivity contribution is 5.49. The van der Waals surface area contributed by atoms with Crippen LogP contribution in [0.5, 0.6) is 0 Å². The number of nitrogens with two attached hydrogens (primary N) is 1. The Morgan fingerprint density at radius 2 is 1.88 bits per heavy atom. The van der Waals surface area contributed by atoms with Crippen molar-refractivity contribution < 1.29 is 5.11 Å². The maximum atomic E-state index is 10.4. The molecule has 2 heterocycles. The molecule has 4 nitrogen and oxygen atoms in total. The quantitative estimate of drug-likeness (QED) is 0.823. The summed E-state index contributed by atoms with van der Waals surface area (Å²) in [6.07, 6.45) is 4.21. The molecule has 88 valence electrons. The predicted octanol–water partition coefficient (Wildman–Crippen LogP) is 1.76. The molecule has 0 aromatic carbocycles. The molecule has 0 saturated carbocycles. The molecular weight excluding hydrogens is 214 g/mol. The number of pyridine rings is 2. The van der Waals surface area contributed by atoms with Crippen LogP contribution in [-0.2, 0) is 0 Å². The first-order chi connectivity index (χ1) is 8.11. The van der Waals surface area contributed by atoms with Gasteiger partial charge in [0, 0.05) is 29.7 Å². The Bertz CT molecular complexity index is 520. The second-order valence-corrected chi connectivity index (χ2v) is 4.06. The van der Waals surface area contributed by atoms with Gasteiger partial charge in [-0.25, -0.2) is 4.98 Å². The molecule has 0 aliphatic rings. The average molecular weight is 229 g/mol. The molecular formula is C13H15N3O. The summed E-state index contributed by atoms with van der Waals surface area (Å²) < 4.78 is 0. The summed E-state index contributed by atoms with van der Waals surface area (Å²) in [6, 6.07) is 3.70. The van der Waals surface area contributed by atoms with Gasteiger partial charge >= 0.3 is 0 Å². The number of nitrogen functional groups attached to an aromatic ring is 1. The number of nitrogens with zero attached hydrogens (tertiary/aromatic N) is 2. The van der Waals surface area contributed by atoms with Crippen LogP contribution in [0.25, 0.3) is 0 Å². The van der Waals surface area contributed by atoms with Crippen molar-refractivity contribution in [2.45, 2.75) is 20.0 Å². The second kappa shape index (κ2) is 4.51. The first kappa shape index (κ1) is 11.5. The summed E-state index contributed by atoms with van der Waals surface area (Å²) in [5.74, 6) is 0.362. The molecule has 0 aliphatic heterocycles. The van der Waals surface area contributed by atoms with Crippen LogP contribution in [0.2, 0.25) is 0 Å². The topological polar surface area (TPSA) is 72.0 Å². The summed E-state index contributed by atoms with van der Waals surface area (Å²) in [4.78, 5) is 8.04. The van der Waals surface area contributed by atoms with E-state index in [9.17, 15) is 5.11 Å². The zero-order valence-electron chi connectivity index (χ0n) is 9.88. The zero-order chi connectivity index (χ0) is 12.4. The molecule has 0 radical (unpaired) electrons. The third-order valence-corrected chi connectivity index (χ3v) is 2.89.